The summed E-state index contributed by atoms with van der Waals surface area (Å²) in [5, 5.41) is 8.82. The van der Waals surface area contributed by atoms with Gasteiger partial charge in [-0.25, -0.2) is 8.42 Å². The molecule has 1 unspecified atom stereocenters. The fraction of sp³-hybridized carbons (Fsp3) is 0.467. The molecule has 0 bridgehead atoms. The Hall–Kier alpha value is -1.87. The average molecular weight is 306 g/mol. The van der Waals surface area contributed by atoms with Crippen molar-refractivity contribution in [1.29, 1.82) is 5.26 Å². The van der Waals surface area contributed by atoms with Gasteiger partial charge in [-0.05, 0) is 24.1 Å². The van der Waals surface area contributed by atoms with Gasteiger partial charge in [-0.1, -0.05) is 19.4 Å². The maximum atomic E-state index is 12.3. The van der Waals surface area contributed by atoms with Gasteiger partial charge in [0.15, 0.2) is 9.84 Å². The lowest BCUT2D eigenvalue weighted by molar-refractivity contribution is -0.127. The third-order valence-corrected chi connectivity index (χ3v) is 5.52. The van der Waals surface area contributed by atoms with Crippen LogP contribution >= 0.6 is 0 Å². The van der Waals surface area contributed by atoms with Gasteiger partial charge in [-0.2, -0.15) is 5.26 Å². The number of hydrogen-bond donors (Lipinski definition) is 0. The van der Waals surface area contributed by atoms with E-state index in [2.05, 4.69) is 0 Å². The van der Waals surface area contributed by atoms with Crippen LogP contribution in [0.3, 0.4) is 0 Å². The second kappa shape index (κ2) is 6.27. The molecule has 6 heteroatoms. The van der Waals surface area contributed by atoms with E-state index < -0.39 is 9.84 Å². The summed E-state index contributed by atoms with van der Waals surface area (Å²) in [7, 11) is -3.47. The maximum Gasteiger partial charge on any atom is 0.222 e. The second-order valence-electron chi connectivity index (χ2n) is 5.28. The molecule has 1 saturated heterocycles. The van der Waals surface area contributed by atoms with Crippen molar-refractivity contribution in [2.45, 2.75) is 24.7 Å². The molecule has 0 saturated carbocycles. The van der Waals surface area contributed by atoms with Crippen molar-refractivity contribution in [2.75, 3.05) is 18.8 Å². The quantitative estimate of drug-likeness (QED) is 0.827. The molecule has 0 spiro atoms. The molecule has 21 heavy (non-hydrogen) atoms. The van der Waals surface area contributed by atoms with Crippen molar-refractivity contribution in [1.82, 2.24) is 4.90 Å². The van der Waals surface area contributed by atoms with Crippen LogP contribution in [0.5, 0.6) is 0 Å². The highest BCUT2D eigenvalue weighted by molar-refractivity contribution is 7.91. The monoisotopic (exact) mass is 306 g/mol. The Morgan fingerprint density at radius 2 is 2.19 bits per heavy atom. The van der Waals surface area contributed by atoms with Crippen molar-refractivity contribution in [3.63, 3.8) is 0 Å². The first-order valence-corrected chi connectivity index (χ1v) is 8.62. The Morgan fingerprint density at radius 1 is 1.43 bits per heavy atom. The van der Waals surface area contributed by atoms with Crippen LogP contribution in [0.2, 0.25) is 0 Å². The van der Waals surface area contributed by atoms with Gasteiger partial charge in [0.1, 0.15) is 0 Å². The minimum Gasteiger partial charge on any atom is -0.341 e. The Morgan fingerprint density at radius 3 is 2.81 bits per heavy atom. The zero-order valence-electron chi connectivity index (χ0n) is 11.9. The number of sulfone groups is 1. The van der Waals surface area contributed by atoms with Crippen molar-refractivity contribution in [2.24, 2.45) is 5.92 Å². The summed E-state index contributed by atoms with van der Waals surface area (Å²) in [6.45, 7) is 2.89. The number of hydrogen-bond acceptors (Lipinski definition) is 4. The molecular weight excluding hydrogens is 288 g/mol. The van der Waals surface area contributed by atoms with Gasteiger partial charge in [-0.15, -0.1) is 0 Å². The molecule has 0 N–H and O–H groups in total. The molecule has 1 aliphatic rings. The summed E-state index contributed by atoms with van der Waals surface area (Å²) >= 11 is 0. The lowest BCUT2D eigenvalue weighted by atomic mass is 10.1. The Labute approximate surface area is 125 Å². The Balaban J connectivity index is 2.05. The average Bonchev–Trinajstić information content (AvgIpc) is 2.86. The molecule has 1 fully saturated rings. The topological polar surface area (TPSA) is 78.2 Å². The highest BCUT2D eigenvalue weighted by Crippen LogP contribution is 2.21. The lowest BCUT2D eigenvalue weighted by Gasteiger charge is -2.16. The number of carbonyl (C=O) groups is 1. The van der Waals surface area contributed by atoms with Gasteiger partial charge in [0.05, 0.1) is 22.3 Å². The number of amides is 1. The minimum absolute atomic E-state index is 0.0304. The van der Waals surface area contributed by atoms with Crippen LogP contribution in [-0.4, -0.2) is 38.1 Å². The fourth-order valence-corrected chi connectivity index (χ4v) is 3.74. The highest BCUT2D eigenvalue weighted by Gasteiger charge is 2.29. The molecule has 5 nitrogen and oxygen atoms in total. The largest absolute Gasteiger partial charge is 0.341 e. The summed E-state index contributed by atoms with van der Waals surface area (Å²) in [6.07, 6.45) is 1.44. The molecule has 1 aromatic carbocycles. The number of carbonyl (C=O) groups excluding carboxylic acids is 1. The van der Waals surface area contributed by atoms with Crippen molar-refractivity contribution < 1.29 is 13.2 Å². The van der Waals surface area contributed by atoms with E-state index in [-0.39, 0.29) is 23.1 Å². The Bertz CT molecular complexity index is 676. The first-order valence-electron chi connectivity index (χ1n) is 6.97. The van der Waals surface area contributed by atoms with Gasteiger partial charge in [-0.3, -0.25) is 4.79 Å². The molecule has 112 valence electrons. The van der Waals surface area contributed by atoms with E-state index in [1.807, 2.05) is 13.0 Å². The van der Waals surface area contributed by atoms with E-state index >= 15 is 0 Å². The molecule has 1 heterocycles. The second-order valence-corrected chi connectivity index (χ2v) is 7.39. The zero-order chi connectivity index (χ0) is 15.5. The maximum absolute atomic E-state index is 12.3. The van der Waals surface area contributed by atoms with Crippen LogP contribution in [-0.2, 0) is 14.6 Å². The van der Waals surface area contributed by atoms with Gasteiger partial charge in [0, 0.05) is 19.5 Å². The molecular formula is C15H18N2O3S. The fourth-order valence-electron chi connectivity index (χ4n) is 2.45. The van der Waals surface area contributed by atoms with Crippen LogP contribution in [0.25, 0.3) is 0 Å². The van der Waals surface area contributed by atoms with Crippen LogP contribution in [0.15, 0.2) is 29.2 Å². The molecule has 0 aliphatic carbocycles. The SMILES string of the molecule is CCC1CC(=O)N(CCS(=O)(=O)c2cccc(C#N)c2)C1. The number of nitriles is 1. The summed E-state index contributed by atoms with van der Waals surface area (Å²) < 4.78 is 24.5. The van der Waals surface area contributed by atoms with E-state index in [4.69, 9.17) is 5.26 Å². The zero-order valence-corrected chi connectivity index (χ0v) is 12.8. The van der Waals surface area contributed by atoms with Crippen LogP contribution < -0.4 is 0 Å². The molecule has 2 rings (SSSR count). The standard InChI is InChI=1S/C15H18N2O3S/c1-2-12-9-15(18)17(11-12)6-7-21(19,20)14-5-3-4-13(8-14)10-16/h3-5,8,12H,2,6-7,9,11H2,1H3. The molecule has 0 radical (unpaired) electrons. The molecule has 1 atom stereocenters. The van der Waals surface area contributed by atoms with Crippen molar-refractivity contribution >= 4 is 15.7 Å². The Kier molecular flexibility index (Phi) is 4.63. The van der Waals surface area contributed by atoms with Crippen molar-refractivity contribution in [3.05, 3.63) is 29.8 Å². The number of rotatable bonds is 5. The third-order valence-electron chi connectivity index (χ3n) is 3.82. The van der Waals surface area contributed by atoms with E-state index in [1.54, 1.807) is 17.0 Å². The van der Waals surface area contributed by atoms with Crippen molar-refractivity contribution in [3.8, 4) is 6.07 Å². The summed E-state index contributed by atoms with van der Waals surface area (Å²) in [6, 6.07) is 7.90. The van der Waals surface area contributed by atoms with E-state index in [1.165, 1.54) is 12.1 Å². The highest BCUT2D eigenvalue weighted by atomic mass is 32.2. The predicted molar refractivity (Wildman–Crippen MR) is 78.2 cm³/mol. The van der Waals surface area contributed by atoms with Gasteiger partial charge in [0.25, 0.3) is 0 Å². The van der Waals surface area contributed by atoms with Gasteiger partial charge < -0.3 is 4.90 Å². The molecule has 1 aromatic rings. The predicted octanol–water partition coefficient (Wildman–Crippen LogP) is 1.59. The van der Waals surface area contributed by atoms with Crippen LogP contribution in [0, 0.1) is 17.2 Å². The number of benzene rings is 1. The molecule has 1 amide bonds. The van der Waals surface area contributed by atoms with Gasteiger partial charge in [0.2, 0.25) is 5.91 Å². The van der Waals surface area contributed by atoms with Gasteiger partial charge >= 0.3 is 0 Å². The van der Waals surface area contributed by atoms with Crippen LogP contribution in [0.1, 0.15) is 25.3 Å². The van der Waals surface area contributed by atoms with E-state index in [0.717, 1.165) is 6.42 Å². The number of nitrogens with zero attached hydrogens (tertiary/aromatic N) is 2. The first kappa shape index (κ1) is 15.5. The first-order chi connectivity index (χ1) is 9.96. The smallest absolute Gasteiger partial charge is 0.222 e. The summed E-state index contributed by atoms with van der Waals surface area (Å²) in [5.41, 5.74) is 0.319. The minimum atomic E-state index is -3.47. The summed E-state index contributed by atoms with van der Waals surface area (Å²) in [4.78, 5) is 13.5. The summed E-state index contributed by atoms with van der Waals surface area (Å²) in [5.74, 6) is 0.259. The molecule has 0 aromatic heterocycles. The third kappa shape index (κ3) is 3.61. The normalized spacial score (nSPS) is 18.8. The number of likely N-dealkylation sites (tertiary alicyclic amines) is 1. The van der Waals surface area contributed by atoms with Crippen LogP contribution in [0.4, 0.5) is 0 Å². The lowest BCUT2D eigenvalue weighted by Crippen LogP contribution is -2.30. The van der Waals surface area contributed by atoms with E-state index in [0.29, 0.717) is 24.4 Å². The van der Waals surface area contributed by atoms with E-state index in [9.17, 15) is 13.2 Å². The molecule has 1 aliphatic heterocycles.